The lowest BCUT2D eigenvalue weighted by atomic mass is 9.95. The van der Waals surface area contributed by atoms with Crippen LogP contribution in [0.5, 0.6) is 0 Å². The smallest absolute Gasteiger partial charge is 0.268 e. The van der Waals surface area contributed by atoms with E-state index in [0.717, 1.165) is 11.1 Å². The van der Waals surface area contributed by atoms with E-state index >= 15 is 0 Å². The van der Waals surface area contributed by atoms with Crippen molar-refractivity contribution in [3.05, 3.63) is 71.8 Å². The second-order valence-corrected chi connectivity index (χ2v) is 6.64. The molecule has 1 aliphatic heterocycles. The van der Waals surface area contributed by atoms with Crippen LogP contribution in [0.15, 0.2) is 60.7 Å². The Morgan fingerprint density at radius 3 is 2.08 bits per heavy atom. The van der Waals surface area contributed by atoms with E-state index in [4.69, 9.17) is 4.74 Å². The Kier molecular flexibility index (Phi) is 4.01. The monoisotopic (exact) mass is 323 g/mol. The molecule has 1 saturated heterocycles. The number of ether oxygens (including phenoxy) is 1. The van der Waals surface area contributed by atoms with E-state index in [2.05, 4.69) is 0 Å². The van der Waals surface area contributed by atoms with Crippen LogP contribution >= 0.6 is 0 Å². The van der Waals surface area contributed by atoms with E-state index in [0.29, 0.717) is 0 Å². The van der Waals surface area contributed by atoms with Crippen molar-refractivity contribution in [2.45, 2.75) is 38.5 Å². The van der Waals surface area contributed by atoms with Gasteiger partial charge < -0.3 is 4.74 Å². The van der Waals surface area contributed by atoms with Gasteiger partial charge in [0.25, 0.3) is 5.91 Å². The zero-order valence-corrected chi connectivity index (χ0v) is 14.2. The van der Waals surface area contributed by atoms with E-state index in [-0.39, 0.29) is 18.2 Å². The summed E-state index contributed by atoms with van der Waals surface area (Å²) in [5.74, 6) is -0.574. The molecule has 1 fully saturated rings. The van der Waals surface area contributed by atoms with Crippen molar-refractivity contribution < 1.29 is 14.3 Å². The lowest BCUT2D eigenvalue weighted by molar-refractivity contribution is -0.152. The van der Waals surface area contributed by atoms with Crippen molar-refractivity contribution in [1.29, 1.82) is 0 Å². The summed E-state index contributed by atoms with van der Waals surface area (Å²) < 4.78 is 6.06. The Morgan fingerprint density at radius 2 is 1.50 bits per heavy atom. The molecule has 1 aliphatic rings. The number of carbonyl (C=O) groups is 2. The Bertz CT molecular complexity index is 755. The number of rotatable bonds is 3. The van der Waals surface area contributed by atoms with E-state index in [1.54, 1.807) is 20.8 Å². The second-order valence-electron chi connectivity index (χ2n) is 6.64. The van der Waals surface area contributed by atoms with Crippen LogP contribution in [0.4, 0.5) is 0 Å². The molecule has 0 saturated carbocycles. The second kappa shape index (κ2) is 5.87. The standard InChI is InChI=1S/C20H21NO3/c1-19(2)21(17(22)14-15-10-6-4-7-11-15)18(23)20(3,24-19)16-12-8-5-9-13-16/h4-13H,14H2,1-3H3. The van der Waals surface area contributed by atoms with Crippen molar-refractivity contribution in [2.24, 2.45) is 0 Å². The number of amides is 2. The fraction of sp³-hybridized carbons (Fsp3) is 0.300. The van der Waals surface area contributed by atoms with Gasteiger partial charge in [0.1, 0.15) is 5.72 Å². The van der Waals surface area contributed by atoms with Crippen LogP contribution in [-0.2, 0) is 26.3 Å². The number of nitrogens with zero attached hydrogens (tertiary/aromatic N) is 1. The predicted molar refractivity (Wildman–Crippen MR) is 91.0 cm³/mol. The van der Waals surface area contributed by atoms with E-state index in [9.17, 15) is 9.59 Å². The molecule has 4 nitrogen and oxygen atoms in total. The van der Waals surface area contributed by atoms with Gasteiger partial charge in [0.05, 0.1) is 6.42 Å². The molecule has 1 atom stereocenters. The lowest BCUT2D eigenvalue weighted by Gasteiger charge is -2.28. The molecule has 0 radical (unpaired) electrons. The zero-order valence-electron chi connectivity index (χ0n) is 14.2. The van der Waals surface area contributed by atoms with Crippen molar-refractivity contribution in [3.63, 3.8) is 0 Å². The van der Waals surface area contributed by atoms with Gasteiger partial charge in [-0.15, -0.1) is 0 Å². The van der Waals surface area contributed by atoms with Crippen molar-refractivity contribution in [2.75, 3.05) is 0 Å². The predicted octanol–water partition coefficient (Wildman–Crippen LogP) is 3.27. The minimum atomic E-state index is -1.16. The van der Waals surface area contributed by atoms with Gasteiger partial charge in [-0.3, -0.25) is 14.5 Å². The molecule has 0 aromatic heterocycles. The fourth-order valence-electron chi connectivity index (χ4n) is 3.25. The van der Waals surface area contributed by atoms with Crippen LogP contribution in [-0.4, -0.2) is 22.4 Å². The molecule has 0 N–H and O–H groups in total. The third-order valence-electron chi connectivity index (χ3n) is 4.38. The number of carbonyl (C=O) groups excluding carboxylic acids is 2. The average Bonchev–Trinajstić information content (AvgIpc) is 2.75. The number of benzene rings is 2. The normalized spacial score (nSPS) is 22.6. The third kappa shape index (κ3) is 2.74. The van der Waals surface area contributed by atoms with Gasteiger partial charge in [0.2, 0.25) is 5.91 Å². The van der Waals surface area contributed by atoms with Crippen LogP contribution < -0.4 is 0 Å². The highest BCUT2D eigenvalue weighted by molar-refractivity contribution is 6.02. The van der Waals surface area contributed by atoms with Gasteiger partial charge in [-0.25, -0.2) is 0 Å². The quantitative estimate of drug-likeness (QED) is 0.871. The van der Waals surface area contributed by atoms with Gasteiger partial charge in [-0.05, 0) is 31.9 Å². The number of hydrogen-bond donors (Lipinski definition) is 0. The minimum Gasteiger partial charge on any atom is -0.335 e. The topological polar surface area (TPSA) is 46.6 Å². The molecular formula is C20H21NO3. The van der Waals surface area contributed by atoms with E-state index in [1.165, 1.54) is 4.90 Å². The molecule has 24 heavy (non-hydrogen) atoms. The Morgan fingerprint density at radius 1 is 0.958 bits per heavy atom. The average molecular weight is 323 g/mol. The van der Waals surface area contributed by atoms with Crippen LogP contribution in [0.3, 0.4) is 0 Å². The van der Waals surface area contributed by atoms with Crippen LogP contribution in [0.25, 0.3) is 0 Å². The maximum atomic E-state index is 13.1. The van der Waals surface area contributed by atoms with Gasteiger partial charge in [0, 0.05) is 0 Å². The molecule has 1 heterocycles. The van der Waals surface area contributed by atoms with Gasteiger partial charge in [-0.2, -0.15) is 0 Å². The molecule has 2 aromatic rings. The lowest BCUT2D eigenvalue weighted by Crippen LogP contribution is -2.47. The van der Waals surface area contributed by atoms with Crippen molar-refractivity contribution >= 4 is 11.8 Å². The zero-order chi connectivity index (χ0) is 17.4. The summed E-state index contributed by atoms with van der Waals surface area (Å²) >= 11 is 0. The first-order valence-corrected chi connectivity index (χ1v) is 8.02. The molecule has 0 spiro atoms. The largest absolute Gasteiger partial charge is 0.335 e. The SMILES string of the molecule is CC1(c2ccccc2)OC(C)(C)N(C(=O)Cc2ccccc2)C1=O. The number of imide groups is 1. The Hall–Kier alpha value is -2.46. The van der Waals surface area contributed by atoms with E-state index < -0.39 is 11.3 Å². The van der Waals surface area contributed by atoms with Gasteiger partial charge >= 0.3 is 0 Å². The molecule has 3 rings (SSSR count). The fourth-order valence-corrected chi connectivity index (χ4v) is 3.25. The molecule has 1 unspecified atom stereocenters. The molecule has 2 aromatic carbocycles. The molecular weight excluding hydrogens is 302 g/mol. The highest BCUT2D eigenvalue weighted by Gasteiger charge is 2.57. The summed E-state index contributed by atoms with van der Waals surface area (Å²) in [6, 6.07) is 18.7. The maximum Gasteiger partial charge on any atom is 0.268 e. The first kappa shape index (κ1) is 16.4. The van der Waals surface area contributed by atoms with E-state index in [1.807, 2.05) is 60.7 Å². The highest BCUT2D eigenvalue weighted by Crippen LogP contribution is 2.41. The third-order valence-corrected chi connectivity index (χ3v) is 4.38. The van der Waals surface area contributed by atoms with Crippen LogP contribution in [0, 0.1) is 0 Å². The molecule has 2 amide bonds. The maximum absolute atomic E-state index is 13.1. The van der Waals surface area contributed by atoms with Crippen LogP contribution in [0.1, 0.15) is 31.9 Å². The molecule has 124 valence electrons. The summed E-state index contributed by atoms with van der Waals surface area (Å²) in [6.07, 6.45) is 0.171. The van der Waals surface area contributed by atoms with Gasteiger partial charge in [-0.1, -0.05) is 60.7 Å². The molecule has 4 heteroatoms. The summed E-state index contributed by atoms with van der Waals surface area (Å²) in [4.78, 5) is 27.1. The van der Waals surface area contributed by atoms with Crippen molar-refractivity contribution in [1.82, 2.24) is 4.90 Å². The summed E-state index contributed by atoms with van der Waals surface area (Å²) in [5.41, 5.74) is -0.525. The first-order valence-electron chi connectivity index (χ1n) is 8.02. The Labute approximate surface area is 142 Å². The number of hydrogen-bond acceptors (Lipinski definition) is 3. The minimum absolute atomic E-state index is 0.171. The summed E-state index contributed by atoms with van der Waals surface area (Å²) in [7, 11) is 0. The van der Waals surface area contributed by atoms with Crippen LogP contribution in [0.2, 0.25) is 0 Å². The first-order chi connectivity index (χ1) is 11.3. The summed E-state index contributed by atoms with van der Waals surface area (Å²) in [5, 5.41) is 0. The Balaban J connectivity index is 1.91. The molecule has 0 bridgehead atoms. The van der Waals surface area contributed by atoms with Gasteiger partial charge in [0.15, 0.2) is 5.60 Å². The highest BCUT2D eigenvalue weighted by atomic mass is 16.6. The molecule has 0 aliphatic carbocycles. The van der Waals surface area contributed by atoms with Crippen molar-refractivity contribution in [3.8, 4) is 0 Å². The summed E-state index contributed by atoms with van der Waals surface area (Å²) in [6.45, 7) is 5.23.